The van der Waals surface area contributed by atoms with E-state index in [0.717, 1.165) is 5.92 Å². The summed E-state index contributed by atoms with van der Waals surface area (Å²) in [6, 6.07) is 19.8. The van der Waals surface area contributed by atoms with E-state index in [9.17, 15) is 0 Å². The Bertz CT molecular complexity index is 651. The van der Waals surface area contributed by atoms with Crippen LogP contribution < -0.4 is 0 Å². The average Bonchev–Trinajstić information content (AvgIpc) is 3.03. The molecule has 0 aliphatic heterocycles. The number of aryl methyl sites for hydroxylation is 1. The maximum atomic E-state index is 2.55. The molecule has 0 nitrogen and oxygen atoms in total. The lowest BCUT2D eigenvalue weighted by molar-refractivity contribution is 0.777. The van der Waals surface area contributed by atoms with Gasteiger partial charge in [-0.3, -0.25) is 0 Å². The zero-order valence-corrected chi connectivity index (χ0v) is 11.3. The number of hydrogen-bond acceptors (Lipinski definition) is 0. The highest BCUT2D eigenvalue weighted by molar-refractivity contribution is 5.75. The van der Waals surface area contributed by atoms with Crippen LogP contribution in [-0.2, 0) is 5.41 Å². The highest BCUT2D eigenvalue weighted by atomic mass is 14.6. The third-order valence-electron chi connectivity index (χ3n) is 4.85. The summed E-state index contributed by atoms with van der Waals surface area (Å²) in [5.74, 6) is 0.838. The van der Waals surface area contributed by atoms with Crippen LogP contribution in [0.4, 0.5) is 0 Å². The summed E-state index contributed by atoms with van der Waals surface area (Å²) in [7, 11) is 0. The van der Waals surface area contributed by atoms with Gasteiger partial charge >= 0.3 is 0 Å². The summed E-state index contributed by atoms with van der Waals surface area (Å²) in [4.78, 5) is 0. The molecule has 0 spiro atoms. The van der Waals surface area contributed by atoms with Crippen molar-refractivity contribution in [3.63, 3.8) is 0 Å². The summed E-state index contributed by atoms with van der Waals surface area (Å²) >= 11 is 0. The van der Waals surface area contributed by atoms with Crippen LogP contribution in [-0.4, -0.2) is 0 Å². The van der Waals surface area contributed by atoms with Crippen molar-refractivity contribution in [1.82, 2.24) is 0 Å². The Labute approximate surface area is 114 Å². The van der Waals surface area contributed by atoms with Gasteiger partial charge in [-0.2, -0.15) is 0 Å². The lowest BCUT2D eigenvalue weighted by atomic mass is 9.94. The molecule has 94 valence electrons. The second-order valence-corrected chi connectivity index (χ2v) is 6.00. The topological polar surface area (TPSA) is 0 Å². The smallest absolute Gasteiger partial charge is 0.0173 e. The van der Waals surface area contributed by atoms with E-state index < -0.39 is 0 Å². The first-order valence-electron chi connectivity index (χ1n) is 7.13. The summed E-state index contributed by atoms with van der Waals surface area (Å²) in [5, 5.41) is 0. The van der Waals surface area contributed by atoms with Gasteiger partial charge in [-0.25, -0.2) is 0 Å². The van der Waals surface area contributed by atoms with E-state index in [0.29, 0.717) is 5.41 Å². The normalized spacial score (nSPS) is 27.8. The molecule has 0 heterocycles. The molecule has 0 aromatic heterocycles. The molecule has 2 aliphatic rings. The Hall–Kier alpha value is -1.82. The van der Waals surface area contributed by atoms with Crippen LogP contribution >= 0.6 is 0 Å². The number of fused-ring (bicyclic) bond motifs is 1. The van der Waals surface area contributed by atoms with Crippen LogP contribution in [0.25, 0.3) is 5.57 Å². The Morgan fingerprint density at radius 1 is 0.947 bits per heavy atom. The molecule has 0 saturated heterocycles. The molecular formula is C19H18. The Morgan fingerprint density at radius 3 is 2.47 bits per heavy atom. The van der Waals surface area contributed by atoms with Crippen LogP contribution in [0.3, 0.4) is 0 Å². The summed E-state index contributed by atoms with van der Waals surface area (Å²) in [5.41, 5.74) is 6.27. The third-order valence-corrected chi connectivity index (χ3v) is 4.85. The fraction of sp³-hybridized carbons (Fsp3) is 0.263. The Kier molecular flexibility index (Phi) is 2.23. The van der Waals surface area contributed by atoms with Gasteiger partial charge < -0.3 is 0 Å². The van der Waals surface area contributed by atoms with Gasteiger partial charge in [0.25, 0.3) is 0 Å². The molecule has 1 fully saturated rings. The van der Waals surface area contributed by atoms with Gasteiger partial charge in [0.2, 0.25) is 0 Å². The van der Waals surface area contributed by atoms with Gasteiger partial charge in [-0.05, 0) is 47.9 Å². The molecule has 0 unspecified atom stereocenters. The van der Waals surface area contributed by atoms with Crippen molar-refractivity contribution in [1.29, 1.82) is 0 Å². The lowest BCUT2D eigenvalue weighted by Crippen LogP contribution is -2.02. The molecule has 2 aliphatic carbocycles. The second-order valence-electron chi connectivity index (χ2n) is 6.00. The van der Waals surface area contributed by atoms with Crippen molar-refractivity contribution in [3.05, 3.63) is 77.4 Å². The molecule has 2 atom stereocenters. The van der Waals surface area contributed by atoms with Crippen molar-refractivity contribution in [2.75, 3.05) is 0 Å². The Morgan fingerprint density at radius 2 is 1.68 bits per heavy atom. The molecule has 2 aromatic rings. The van der Waals surface area contributed by atoms with Crippen molar-refractivity contribution in [2.24, 2.45) is 5.92 Å². The highest BCUT2D eigenvalue weighted by Crippen LogP contribution is 2.64. The molecule has 0 radical (unpaired) electrons. The summed E-state index contributed by atoms with van der Waals surface area (Å²) in [6.45, 7) is 2.22. The Balaban J connectivity index is 1.76. The zero-order chi connectivity index (χ0) is 12.9. The van der Waals surface area contributed by atoms with E-state index in [1.807, 2.05) is 0 Å². The monoisotopic (exact) mass is 246 g/mol. The van der Waals surface area contributed by atoms with Gasteiger partial charge in [-0.1, -0.05) is 60.7 Å². The van der Waals surface area contributed by atoms with Crippen molar-refractivity contribution in [3.8, 4) is 0 Å². The minimum atomic E-state index is 0.360. The van der Waals surface area contributed by atoms with E-state index in [4.69, 9.17) is 0 Å². The van der Waals surface area contributed by atoms with Gasteiger partial charge in [0.15, 0.2) is 0 Å². The molecule has 0 bridgehead atoms. The fourth-order valence-electron chi connectivity index (χ4n) is 3.72. The van der Waals surface area contributed by atoms with Crippen molar-refractivity contribution < 1.29 is 0 Å². The van der Waals surface area contributed by atoms with Crippen molar-refractivity contribution >= 4 is 5.57 Å². The number of rotatable bonds is 2. The molecule has 0 amide bonds. The lowest BCUT2D eigenvalue weighted by Gasteiger charge is -2.10. The molecule has 0 N–H and O–H groups in total. The predicted molar refractivity (Wildman–Crippen MR) is 80.0 cm³/mol. The van der Waals surface area contributed by atoms with E-state index in [2.05, 4.69) is 67.6 Å². The first kappa shape index (κ1) is 11.0. The van der Waals surface area contributed by atoms with Crippen molar-refractivity contribution in [2.45, 2.75) is 25.2 Å². The molecule has 2 aromatic carbocycles. The third kappa shape index (κ3) is 1.59. The van der Waals surface area contributed by atoms with E-state index in [1.54, 1.807) is 5.57 Å². The van der Waals surface area contributed by atoms with E-state index in [1.165, 1.54) is 29.5 Å². The van der Waals surface area contributed by atoms with E-state index >= 15 is 0 Å². The zero-order valence-electron chi connectivity index (χ0n) is 11.3. The minimum absolute atomic E-state index is 0.360. The number of hydrogen-bond donors (Lipinski definition) is 0. The summed E-state index contributed by atoms with van der Waals surface area (Å²) in [6.07, 6.45) is 5.14. The van der Waals surface area contributed by atoms with Crippen LogP contribution in [0.2, 0.25) is 0 Å². The molecule has 0 heteroatoms. The molecule has 19 heavy (non-hydrogen) atoms. The van der Waals surface area contributed by atoms with Crippen LogP contribution in [0.1, 0.15) is 29.5 Å². The average molecular weight is 246 g/mol. The second kappa shape index (κ2) is 3.84. The number of allylic oxidation sites excluding steroid dienone is 2. The standard InChI is InChI=1S/C19H18/c1-14-7-5-6-10-18(14)15-11-17-13-19(17,12-15)16-8-3-2-4-9-16/h2-10,12,17H,11,13H2,1H3/t17-,19-/m0/s1. The van der Waals surface area contributed by atoms with Crippen LogP contribution in [0, 0.1) is 12.8 Å². The minimum Gasteiger partial charge on any atom is -0.0698 e. The van der Waals surface area contributed by atoms with Gasteiger partial charge in [0.05, 0.1) is 0 Å². The first-order chi connectivity index (χ1) is 9.29. The van der Waals surface area contributed by atoms with Gasteiger partial charge in [-0.15, -0.1) is 0 Å². The van der Waals surface area contributed by atoms with Gasteiger partial charge in [0.1, 0.15) is 0 Å². The van der Waals surface area contributed by atoms with E-state index in [-0.39, 0.29) is 0 Å². The fourth-order valence-corrected chi connectivity index (χ4v) is 3.72. The summed E-state index contributed by atoms with van der Waals surface area (Å²) < 4.78 is 0. The predicted octanol–water partition coefficient (Wildman–Crippen LogP) is 4.74. The quantitative estimate of drug-likeness (QED) is 0.718. The first-order valence-corrected chi connectivity index (χ1v) is 7.13. The molecule has 4 rings (SSSR count). The maximum absolute atomic E-state index is 2.55. The molecule has 1 saturated carbocycles. The maximum Gasteiger partial charge on any atom is 0.0173 e. The highest BCUT2D eigenvalue weighted by Gasteiger charge is 2.57. The van der Waals surface area contributed by atoms with Crippen LogP contribution in [0.15, 0.2) is 60.7 Å². The largest absolute Gasteiger partial charge is 0.0698 e. The van der Waals surface area contributed by atoms with Gasteiger partial charge in [0, 0.05) is 5.41 Å². The van der Waals surface area contributed by atoms with Crippen LogP contribution in [0.5, 0.6) is 0 Å². The SMILES string of the molecule is Cc1ccccc1C1=C[C@@]2(c3ccccc3)C[C@@H]2C1. The number of benzene rings is 2. The molecular weight excluding hydrogens is 228 g/mol.